The largest absolute Gasteiger partial charge is 0.348 e. The molecular formula is C18H24N4O3S. The third kappa shape index (κ3) is 4.30. The second-order valence-electron chi connectivity index (χ2n) is 6.80. The molecule has 2 N–H and O–H groups in total. The van der Waals surface area contributed by atoms with E-state index in [4.69, 9.17) is 4.52 Å². The zero-order chi connectivity index (χ0) is 18.6. The molecule has 3 rings (SSSR count). The first-order chi connectivity index (χ1) is 12.5. The van der Waals surface area contributed by atoms with Crippen molar-refractivity contribution >= 4 is 23.2 Å². The normalized spacial score (nSPS) is 17.5. The van der Waals surface area contributed by atoms with E-state index in [-0.39, 0.29) is 24.3 Å². The average Bonchev–Trinajstić information content (AvgIpc) is 3.26. The number of carbonyl (C=O) groups is 2. The van der Waals surface area contributed by atoms with Crippen molar-refractivity contribution in [2.75, 3.05) is 0 Å². The molecule has 2 amide bonds. The highest BCUT2D eigenvalue weighted by Crippen LogP contribution is 2.36. The summed E-state index contributed by atoms with van der Waals surface area (Å²) in [4.78, 5) is 29.7. The van der Waals surface area contributed by atoms with Crippen molar-refractivity contribution in [3.05, 3.63) is 34.1 Å². The highest BCUT2D eigenvalue weighted by atomic mass is 32.1. The molecule has 0 aliphatic heterocycles. The highest BCUT2D eigenvalue weighted by molar-refractivity contribution is 7.10. The molecule has 1 unspecified atom stereocenters. The summed E-state index contributed by atoms with van der Waals surface area (Å²) in [5, 5.41) is 12.0. The molecule has 8 heteroatoms. The van der Waals surface area contributed by atoms with Crippen LogP contribution in [0.2, 0.25) is 0 Å². The van der Waals surface area contributed by atoms with Gasteiger partial charge in [-0.05, 0) is 24.3 Å². The van der Waals surface area contributed by atoms with Crippen molar-refractivity contribution in [2.24, 2.45) is 0 Å². The first-order valence-corrected chi connectivity index (χ1v) is 9.79. The van der Waals surface area contributed by atoms with Crippen molar-refractivity contribution in [1.29, 1.82) is 0 Å². The van der Waals surface area contributed by atoms with Crippen molar-refractivity contribution in [3.8, 4) is 0 Å². The van der Waals surface area contributed by atoms with Crippen LogP contribution in [0.25, 0.3) is 0 Å². The van der Waals surface area contributed by atoms with E-state index >= 15 is 0 Å². The van der Waals surface area contributed by atoms with Crippen LogP contribution in [-0.2, 0) is 15.1 Å². The Balaban J connectivity index is 1.75. The predicted octanol–water partition coefficient (Wildman–Crippen LogP) is 2.98. The van der Waals surface area contributed by atoms with Crippen molar-refractivity contribution in [3.63, 3.8) is 0 Å². The quantitative estimate of drug-likeness (QED) is 0.808. The monoisotopic (exact) mass is 376 g/mol. The zero-order valence-corrected chi connectivity index (χ0v) is 15.9. The van der Waals surface area contributed by atoms with Gasteiger partial charge in [0.15, 0.2) is 5.82 Å². The molecule has 1 saturated carbocycles. The number of amides is 2. The summed E-state index contributed by atoms with van der Waals surface area (Å²) in [5.41, 5.74) is -0.580. The minimum atomic E-state index is -0.580. The summed E-state index contributed by atoms with van der Waals surface area (Å²) in [7, 11) is 0. The maximum Gasteiger partial charge on any atom is 0.223 e. The van der Waals surface area contributed by atoms with E-state index in [2.05, 4.69) is 20.8 Å². The van der Waals surface area contributed by atoms with Gasteiger partial charge in [0.25, 0.3) is 0 Å². The Morgan fingerprint density at radius 1 is 1.35 bits per heavy atom. The lowest BCUT2D eigenvalue weighted by Gasteiger charge is -2.35. The number of carbonyl (C=O) groups excluding carboxylic acids is 2. The number of nitrogens with zero attached hydrogens (tertiary/aromatic N) is 2. The SMILES string of the molecule is CC(=O)NC(CC(=O)NC1(c2noc(C)n2)CCCCC1)c1cccs1. The molecule has 2 aromatic heterocycles. The second-order valence-corrected chi connectivity index (χ2v) is 7.78. The smallest absolute Gasteiger partial charge is 0.223 e. The molecule has 1 aliphatic carbocycles. The minimum absolute atomic E-state index is 0.124. The van der Waals surface area contributed by atoms with E-state index in [0.717, 1.165) is 37.0 Å². The fraction of sp³-hybridized carbons (Fsp3) is 0.556. The average molecular weight is 376 g/mol. The fourth-order valence-electron chi connectivity index (χ4n) is 3.51. The third-order valence-electron chi connectivity index (χ3n) is 4.70. The molecule has 1 aliphatic rings. The Kier molecular flexibility index (Phi) is 5.70. The minimum Gasteiger partial charge on any atom is -0.348 e. The van der Waals surface area contributed by atoms with Crippen LogP contribution in [0, 0.1) is 6.92 Å². The van der Waals surface area contributed by atoms with E-state index in [1.807, 2.05) is 17.5 Å². The Morgan fingerprint density at radius 2 is 2.12 bits per heavy atom. The maximum atomic E-state index is 12.8. The maximum absolute atomic E-state index is 12.8. The molecule has 7 nitrogen and oxygen atoms in total. The molecule has 0 spiro atoms. The summed E-state index contributed by atoms with van der Waals surface area (Å²) in [6.07, 6.45) is 4.92. The second kappa shape index (κ2) is 7.99. The van der Waals surface area contributed by atoms with Gasteiger partial charge in [-0.1, -0.05) is 30.5 Å². The van der Waals surface area contributed by atoms with Gasteiger partial charge in [0, 0.05) is 18.7 Å². The summed E-state index contributed by atoms with van der Waals surface area (Å²) >= 11 is 1.53. The molecule has 0 aromatic carbocycles. The lowest BCUT2D eigenvalue weighted by atomic mass is 9.80. The fourth-order valence-corrected chi connectivity index (χ4v) is 4.29. The van der Waals surface area contributed by atoms with Crippen LogP contribution in [0.1, 0.15) is 68.1 Å². The number of hydrogen-bond donors (Lipinski definition) is 2. The summed E-state index contributed by atoms with van der Waals surface area (Å²) < 4.78 is 5.15. The van der Waals surface area contributed by atoms with Gasteiger partial charge in [0.05, 0.1) is 12.5 Å². The van der Waals surface area contributed by atoms with E-state index < -0.39 is 5.54 Å². The van der Waals surface area contributed by atoms with E-state index in [1.165, 1.54) is 18.3 Å². The molecule has 2 heterocycles. The van der Waals surface area contributed by atoms with Crippen LogP contribution in [0.4, 0.5) is 0 Å². The van der Waals surface area contributed by atoms with Gasteiger partial charge < -0.3 is 15.2 Å². The zero-order valence-electron chi connectivity index (χ0n) is 15.1. The highest BCUT2D eigenvalue weighted by Gasteiger charge is 2.40. The molecule has 140 valence electrons. The number of nitrogens with one attached hydrogen (secondary N) is 2. The van der Waals surface area contributed by atoms with Crippen LogP contribution in [0.5, 0.6) is 0 Å². The molecule has 1 atom stereocenters. The van der Waals surface area contributed by atoms with Crippen LogP contribution in [0.15, 0.2) is 22.0 Å². The molecule has 2 aromatic rings. The number of rotatable bonds is 6. The van der Waals surface area contributed by atoms with E-state index in [0.29, 0.717) is 11.7 Å². The Hall–Kier alpha value is -2.22. The van der Waals surface area contributed by atoms with Crippen molar-refractivity contribution in [1.82, 2.24) is 20.8 Å². The van der Waals surface area contributed by atoms with Gasteiger partial charge in [-0.15, -0.1) is 11.3 Å². The Morgan fingerprint density at radius 3 is 2.69 bits per heavy atom. The first-order valence-electron chi connectivity index (χ1n) is 8.91. The van der Waals surface area contributed by atoms with Crippen molar-refractivity contribution in [2.45, 2.75) is 64.0 Å². The summed E-state index contributed by atoms with van der Waals surface area (Å²) in [6, 6.07) is 3.51. The Bertz CT molecular complexity index is 750. The summed E-state index contributed by atoms with van der Waals surface area (Å²) in [6.45, 7) is 3.21. The number of hydrogen-bond acceptors (Lipinski definition) is 6. The van der Waals surface area contributed by atoms with E-state index in [1.54, 1.807) is 6.92 Å². The standard InChI is InChI=1S/C18H24N4O3S/c1-12(23)19-14(15-7-6-10-26-15)11-16(24)21-18(8-4-3-5-9-18)17-20-13(2)25-22-17/h6-7,10,14H,3-5,8-9,11H2,1-2H3,(H,19,23)(H,21,24). The molecule has 0 radical (unpaired) electrons. The van der Waals surface area contributed by atoms with Gasteiger partial charge in [0.1, 0.15) is 5.54 Å². The number of thiophene rings is 1. The molecular weight excluding hydrogens is 352 g/mol. The predicted molar refractivity (Wildman–Crippen MR) is 97.4 cm³/mol. The van der Waals surface area contributed by atoms with Crippen LogP contribution in [0.3, 0.4) is 0 Å². The summed E-state index contributed by atoms with van der Waals surface area (Å²) in [5.74, 6) is 0.767. The van der Waals surface area contributed by atoms with Crippen LogP contribution >= 0.6 is 11.3 Å². The van der Waals surface area contributed by atoms with Crippen LogP contribution < -0.4 is 10.6 Å². The third-order valence-corrected chi connectivity index (χ3v) is 5.68. The van der Waals surface area contributed by atoms with Crippen molar-refractivity contribution < 1.29 is 14.1 Å². The number of aryl methyl sites for hydroxylation is 1. The van der Waals surface area contributed by atoms with Gasteiger partial charge in [-0.25, -0.2) is 0 Å². The molecule has 26 heavy (non-hydrogen) atoms. The molecule has 1 fully saturated rings. The van der Waals surface area contributed by atoms with Gasteiger partial charge in [-0.3, -0.25) is 9.59 Å². The number of aromatic nitrogens is 2. The van der Waals surface area contributed by atoms with Gasteiger partial charge in [0.2, 0.25) is 17.7 Å². The topological polar surface area (TPSA) is 97.1 Å². The lowest BCUT2D eigenvalue weighted by Crippen LogP contribution is -2.48. The first kappa shape index (κ1) is 18.6. The van der Waals surface area contributed by atoms with Crippen LogP contribution in [-0.4, -0.2) is 22.0 Å². The molecule has 0 saturated heterocycles. The molecule has 0 bridgehead atoms. The Labute approximate surface area is 156 Å². The van der Waals surface area contributed by atoms with Gasteiger partial charge in [-0.2, -0.15) is 4.98 Å². The van der Waals surface area contributed by atoms with E-state index in [9.17, 15) is 9.59 Å². The lowest BCUT2D eigenvalue weighted by molar-refractivity contribution is -0.125. The van der Waals surface area contributed by atoms with Gasteiger partial charge >= 0.3 is 0 Å².